The predicted molar refractivity (Wildman–Crippen MR) is 32.3 cm³/mol. The van der Waals surface area contributed by atoms with E-state index in [0.29, 0.717) is 6.04 Å². The minimum Gasteiger partial charge on any atom is -0.326 e. The molecule has 1 aliphatic carbocycles. The molecule has 2 fully saturated rings. The quantitative estimate of drug-likeness (QED) is 0.496. The Balaban J connectivity index is 2.06. The van der Waals surface area contributed by atoms with Crippen LogP contribution in [0.15, 0.2) is 0 Å². The number of thioether (sulfide) groups is 1. The summed E-state index contributed by atoms with van der Waals surface area (Å²) < 4.78 is 0. The molecule has 1 heterocycles. The number of hydrogen-bond acceptors (Lipinski definition) is 2. The highest BCUT2D eigenvalue weighted by molar-refractivity contribution is 8.00. The van der Waals surface area contributed by atoms with Gasteiger partial charge in [0.2, 0.25) is 0 Å². The first-order chi connectivity index (χ1) is 3.39. The van der Waals surface area contributed by atoms with E-state index >= 15 is 0 Å². The number of rotatable bonds is 0. The van der Waals surface area contributed by atoms with Crippen molar-refractivity contribution < 1.29 is 0 Å². The third-order valence-corrected chi connectivity index (χ3v) is 3.44. The average Bonchev–Trinajstić information content (AvgIpc) is 2.26. The van der Waals surface area contributed by atoms with E-state index in [9.17, 15) is 0 Å². The fourth-order valence-corrected chi connectivity index (χ4v) is 2.88. The molecule has 1 unspecified atom stereocenters. The summed E-state index contributed by atoms with van der Waals surface area (Å²) in [5.74, 6) is 2.29. The first-order valence-electron chi connectivity index (χ1n) is 2.77. The molecular weight excluding hydrogens is 106 g/mol. The van der Waals surface area contributed by atoms with Crippen LogP contribution in [0.25, 0.3) is 0 Å². The fraction of sp³-hybridized carbons (Fsp3) is 1.00. The van der Waals surface area contributed by atoms with Crippen LogP contribution in [0.1, 0.15) is 6.42 Å². The second-order valence-electron chi connectivity index (χ2n) is 2.37. The van der Waals surface area contributed by atoms with Crippen LogP contribution in [-0.4, -0.2) is 17.0 Å². The van der Waals surface area contributed by atoms with Gasteiger partial charge in [0.15, 0.2) is 0 Å². The standard InChI is InChI=1S/C5H9NS/c6-4-3-1-2-7-5(3)4/h3-5H,1-2,6H2/t3-,4?,5-/m1/s1. The molecular formula is C5H9NS. The van der Waals surface area contributed by atoms with Crippen molar-refractivity contribution in [2.45, 2.75) is 17.7 Å². The second kappa shape index (κ2) is 1.17. The van der Waals surface area contributed by atoms with Gasteiger partial charge in [-0.1, -0.05) is 0 Å². The minimum absolute atomic E-state index is 0.582. The van der Waals surface area contributed by atoms with E-state index in [0.717, 1.165) is 11.2 Å². The Morgan fingerprint density at radius 2 is 2.43 bits per heavy atom. The molecule has 0 bridgehead atoms. The molecule has 0 amide bonds. The van der Waals surface area contributed by atoms with Crippen LogP contribution in [0.4, 0.5) is 0 Å². The lowest BCUT2D eigenvalue weighted by molar-refractivity contribution is 0.780. The first-order valence-corrected chi connectivity index (χ1v) is 3.81. The van der Waals surface area contributed by atoms with Crippen molar-refractivity contribution >= 4 is 11.8 Å². The lowest BCUT2D eigenvalue weighted by Crippen LogP contribution is -2.06. The van der Waals surface area contributed by atoms with Gasteiger partial charge in [0.25, 0.3) is 0 Å². The maximum atomic E-state index is 5.65. The summed E-state index contributed by atoms with van der Waals surface area (Å²) in [6, 6.07) is 0.582. The molecule has 0 radical (unpaired) electrons. The third kappa shape index (κ3) is 0.441. The smallest absolute Gasteiger partial charge is 0.0245 e. The Hall–Kier alpha value is 0.310. The molecule has 0 aromatic rings. The molecule has 0 aromatic carbocycles. The van der Waals surface area contributed by atoms with E-state index in [-0.39, 0.29) is 0 Å². The van der Waals surface area contributed by atoms with Gasteiger partial charge in [-0.15, -0.1) is 0 Å². The van der Waals surface area contributed by atoms with Crippen molar-refractivity contribution in [1.82, 2.24) is 0 Å². The molecule has 1 nitrogen and oxygen atoms in total. The molecule has 1 aliphatic heterocycles. The maximum absolute atomic E-state index is 5.65. The molecule has 0 spiro atoms. The Morgan fingerprint density at radius 1 is 1.57 bits per heavy atom. The Kier molecular flexibility index (Phi) is 0.707. The largest absolute Gasteiger partial charge is 0.326 e. The van der Waals surface area contributed by atoms with E-state index in [1.807, 2.05) is 0 Å². The number of fused-ring (bicyclic) bond motifs is 1. The van der Waals surface area contributed by atoms with Gasteiger partial charge in [-0.05, 0) is 18.1 Å². The Morgan fingerprint density at radius 3 is 2.71 bits per heavy atom. The lowest BCUT2D eigenvalue weighted by atomic mass is 10.3. The highest BCUT2D eigenvalue weighted by Gasteiger charge is 2.50. The summed E-state index contributed by atoms with van der Waals surface area (Å²) in [7, 11) is 0. The second-order valence-corrected chi connectivity index (χ2v) is 3.65. The summed E-state index contributed by atoms with van der Waals surface area (Å²) in [5, 5.41) is 0.875. The van der Waals surface area contributed by atoms with Gasteiger partial charge in [-0.2, -0.15) is 11.8 Å². The van der Waals surface area contributed by atoms with Crippen LogP contribution in [-0.2, 0) is 0 Å². The SMILES string of the molecule is NC1[C@H]2CCS[C@@H]12. The Labute approximate surface area is 47.7 Å². The summed E-state index contributed by atoms with van der Waals surface area (Å²) in [6.07, 6.45) is 1.39. The number of nitrogens with two attached hydrogens (primary N) is 1. The van der Waals surface area contributed by atoms with E-state index in [1.165, 1.54) is 12.2 Å². The van der Waals surface area contributed by atoms with Crippen LogP contribution in [0.3, 0.4) is 0 Å². The molecule has 1 saturated heterocycles. The van der Waals surface area contributed by atoms with Crippen molar-refractivity contribution in [1.29, 1.82) is 0 Å². The zero-order chi connectivity index (χ0) is 4.85. The molecule has 7 heavy (non-hydrogen) atoms. The van der Waals surface area contributed by atoms with E-state index in [2.05, 4.69) is 11.8 Å². The summed E-state index contributed by atoms with van der Waals surface area (Å²) in [6.45, 7) is 0. The van der Waals surface area contributed by atoms with Gasteiger partial charge in [-0.25, -0.2) is 0 Å². The normalized spacial score (nSPS) is 57.0. The number of hydrogen-bond donors (Lipinski definition) is 1. The molecule has 2 N–H and O–H groups in total. The van der Waals surface area contributed by atoms with Crippen molar-refractivity contribution in [3.8, 4) is 0 Å². The monoisotopic (exact) mass is 115 g/mol. The van der Waals surface area contributed by atoms with Gasteiger partial charge < -0.3 is 5.73 Å². The summed E-state index contributed by atoms with van der Waals surface area (Å²) in [5.41, 5.74) is 5.65. The van der Waals surface area contributed by atoms with E-state index in [1.54, 1.807) is 0 Å². The molecule has 2 rings (SSSR count). The third-order valence-electron chi connectivity index (χ3n) is 1.92. The van der Waals surface area contributed by atoms with Crippen LogP contribution >= 0.6 is 11.8 Å². The first kappa shape index (κ1) is 4.21. The van der Waals surface area contributed by atoms with Gasteiger partial charge in [0, 0.05) is 11.3 Å². The molecule has 1 saturated carbocycles. The highest BCUT2D eigenvalue weighted by atomic mass is 32.2. The van der Waals surface area contributed by atoms with Crippen LogP contribution < -0.4 is 5.73 Å². The zero-order valence-electron chi connectivity index (χ0n) is 4.13. The molecule has 3 atom stereocenters. The topological polar surface area (TPSA) is 26.0 Å². The molecule has 0 aromatic heterocycles. The summed E-state index contributed by atoms with van der Waals surface area (Å²) in [4.78, 5) is 0. The van der Waals surface area contributed by atoms with Crippen molar-refractivity contribution in [3.05, 3.63) is 0 Å². The lowest BCUT2D eigenvalue weighted by Gasteiger charge is -1.90. The zero-order valence-corrected chi connectivity index (χ0v) is 4.95. The minimum atomic E-state index is 0.582. The fourth-order valence-electron chi connectivity index (χ4n) is 1.30. The Bertz CT molecular complexity index is 84.1. The van der Waals surface area contributed by atoms with Gasteiger partial charge in [-0.3, -0.25) is 0 Å². The van der Waals surface area contributed by atoms with Crippen molar-refractivity contribution in [2.24, 2.45) is 11.7 Å². The maximum Gasteiger partial charge on any atom is 0.0245 e. The predicted octanol–water partition coefficient (Wildman–Crippen LogP) is 0.449. The molecule has 2 aliphatic rings. The summed E-state index contributed by atoms with van der Waals surface area (Å²) >= 11 is 2.05. The molecule has 2 heteroatoms. The molecule has 40 valence electrons. The van der Waals surface area contributed by atoms with Gasteiger partial charge in [0.1, 0.15) is 0 Å². The average molecular weight is 115 g/mol. The van der Waals surface area contributed by atoms with E-state index in [4.69, 9.17) is 5.73 Å². The van der Waals surface area contributed by atoms with Crippen molar-refractivity contribution in [3.63, 3.8) is 0 Å². The van der Waals surface area contributed by atoms with Gasteiger partial charge >= 0.3 is 0 Å². The van der Waals surface area contributed by atoms with Gasteiger partial charge in [0.05, 0.1) is 0 Å². The van der Waals surface area contributed by atoms with Crippen LogP contribution in [0, 0.1) is 5.92 Å². The van der Waals surface area contributed by atoms with Crippen LogP contribution in [0.5, 0.6) is 0 Å². The highest BCUT2D eigenvalue weighted by Crippen LogP contribution is 2.49. The van der Waals surface area contributed by atoms with E-state index < -0.39 is 0 Å². The van der Waals surface area contributed by atoms with Crippen molar-refractivity contribution in [2.75, 3.05) is 5.75 Å². The van der Waals surface area contributed by atoms with Crippen LogP contribution in [0.2, 0.25) is 0 Å².